The highest BCUT2D eigenvalue weighted by Gasteiger charge is 2.38. The van der Waals surface area contributed by atoms with E-state index in [1.165, 1.54) is 10.9 Å². The lowest BCUT2D eigenvalue weighted by atomic mass is 10.3. The highest BCUT2D eigenvalue weighted by Crippen LogP contribution is 2.13. The van der Waals surface area contributed by atoms with E-state index in [2.05, 4.69) is 16.1 Å². The highest BCUT2D eigenvalue weighted by atomic mass is 19.4. The van der Waals surface area contributed by atoms with Gasteiger partial charge in [-0.15, -0.1) is 0 Å². The zero-order chi connectivity index (χ0) is 25.0. The molecule has 0 radical (unpaired) electrons. The van der Waals surface area contributed by atoms with Crippen LogP contribution >= 0.6 is 0 Å². The van der Waals surface area contributed by atoms with Gasteiger partial charge >= 0.3 is 30.3 Å². The third kappa shape index (κ3) is 14.2. The minimum atomic E-state index is -5.08. The van der Waals surface area contributed by atoms with Gasteiger partial charge in [0.25, 0.3) is 5.91 Å². The number of halogens is 6. The van der Waals surface area contributed by atoms with E-state index in [0.717, 1.165) is 0 Å². The fourth-order valence-electron chi connectivity index (χ4n) is 1.19. The number of aromatic nitrogens is 2. The van der Waals surface area contributed by atoms with Crippen LogP contribution in [0.25, 0.3) is 0 Å². The Morgan fingerprint density at radius 1 is 1.06 bits per heavy atom. The molecule has 0 saturated carbocycles. The first kappa shape index (κ1) is 29.7. The first-order valence-corrected chi connectivity index (χ1v) is 7.73. The number of amides is 1. The van der Waals surface area contributed by atoms with Crippen molar-refractivity contribution in [3.05, 3.63) is 24.0 Å². The molecule has 0 saturated heterocycles. The minimum Gasteiger partial charge on any atom is -0.477 e. The topological polar surface area (TPSA) is 185 Å². The number of quaternary nitrogens is 1. The van der Waals surface area contributed by atoms with Gasteiger partial charge in [0.2, 0.25) is 12.6 Å². The van der Waals surface area contributed by atoms with Crippen LogP contribution in [0.5, 0.6) is 0 Å². The monoisotopic (exact) mass is 468 g/mol. The van der Waals surface area contributed by atoms with Gasteiger partial charge in [-0.2, -0.15) is 26.3 Å². The van der Waals surface area contributed by atoms with Crippen LogP contribution in [0.4, 0.5) is 26.3 Å². The fourth-order valence-corrected chi connectivity index (χ4v) is 1.19. The summed E-state index contributed by atoms with van der Waals surface area (Å²) in [6, 6.07) is 0.829. The second kappa shape index (κ2) is 12.9. The first-order valence-electron chi connectivity index (χ1n) is 7.73. The highest BCUT2D eigenvalue weighted by molar-refractivity contribution is 5.93. The Labute approximate surface area is 169 Å². The number of carboxylic acid groups (broad SMARTS) is 3. The van der Waals surface area contributed by atoms with E-state index in [1.54, 1.807) is 12.3 Å². The maximum absolute atomic E-state index is 11.4. The average molecular weight is 468 g/mol. The number of hydrogen-bond donors (Lipinski definition) is 5. The standard InChI is InChI=1S/C10H14N4O3.2C2HF3O2/c1-2-12-9(15)7-3-4-14(13-5-7)6-8(11)10(16)17;2*3-2(4,5)1(6)7/h3-5,8H,2,6,11H2,1H3,(H-,12,15,16,17);2*(H,6,7)/p+2/t8-;;/m0../s1. The number of nitrogens with one attached hydrogen (secondary N) is 1. The molecule has 31 heavy (non-hydrogen) atoms. The van der Waals surface area contributed by atoms with E-state index in [0.29, 0.717) is 12.1 Å². The summed E-state index contributed by atoms with van der Waals surface area (Å²) in [5, 5.41) is 29.5. The molecule has 0 aliphatic carbocycles. The van der Waals surface area contributed by atoms with Crippen molar-refractivity contribution in [3.8, 4) is 0 Å². The van der Waals surface area contributed by atoms with Crippen LogP contribution in [-0.2, 0) is 20.9 Å². The van der Waals surface area contributed by atoms with Gasteiger partial charge in [-0.3, -0.25) is 4.79 Å². The number of nitrogens with zero attached hydrogens (tertiary/aromatic N) is 2. The molecule has 0 unspecified atom stereocenters. The fraction of sp³-hybridized carbons (Fsp3) is 0.429. The van der Waals surface area contributed by atoms with Crippen molar-refractivity contribution >= 4 is 23.8 Å². The van der Waals surface area contributed by atoms with Crippen molar-refractivity contribution < 1.29 is 71.3 Å². The molecule has 0 aliphatic rings. The van der Waals surface area contributed by atoms with Gasteiger partial charge in [0.05, 0.1) is 5.56 Å². The summed E-state index contributed by atoms with van der Waals surface area (Å²) in [5.41, 5.74) is 3.92. The second-order valence-corrected chi connectivity index (χ2v) is 5.14. The van der Waals surface area contributed by atoms with E-state index in [-0.39, 0.29) is 12.5 Å². The number of carboxylic acids is 3. The van der Waals surface area contributed by atoms with Crippen LogP contribution in [0.3, 0.4) is 0 Å². The van der Waals surface area contributed by atoms with Crippen molar-refractivity contribution in [3.63, 3.8) is 0 Å². The van der Waals surface area contributed by atoms with E-state index >= 15 is 0 Å². The number of carbonyl (C=O) groups is 4. The van der Waals surface area contributed by atoms with Crippen molar-refractivity contribution in [2.75, 3.05) is 6.54 Å². The summed E-state index contributed by atoms with van der Waals surface area (Å²) in [7, 11) is 0. The lowest BCUT2D eigenvalue weighted by molar-refractivity contribution is -0.770. The van der Waals surface area contributed by atoms with E-state index < -0.39 is 36.3 Å². The van der Waals surface area contributed by atoms with Crippen LogP contribution in [-0.4, -0.2) is 69.2 Å². The molecule has 0 aromatic carbocycles. The average Bonchev–Trinajstić information content (AvgIpc) is 2.61. The zero-order valence-electron chi connectivity index (χ0n) is 15.6. The molecule has 0 bridgehead atoms. The summed E-state index contributed by atoms with van der Waals surface area (Å²) in [4.78, 5) is 39.8. The SMILES string of the molecule is CCNC(=O)c1cc[n+](C[C@H]([NH3+])C(=O)O)nc1.O=C(O)C(F)(F)F.O=C(O)C(F)(F)F. The van der Waals surface area contributed by atoms with Gasteiger partial charge in [0.1, 0.15) is 6.20 Å². The Morgan fingerprint density at radius 3 is 1.74 bits per heavy atom. The van der Waals surface area contributed by atoms with Gasteiger partial charge in [-0.25, -0.2) is 14.4 Å². The number of alkyl halides is 6. The van der Waals surface area contributed by atoms with Crippen LogP contribution in [0.15, 0.2) is 18.5 Å². The third-order valence-corrected chi connectivity index (χ3v) is 2.61. The van der Waals surface area contributed by atoms with E-state index in [9.17, 15) is 35.9 Å². The largest absolute Gasteiger partial charge is 0.490 e. The molecule has 0 spiro atoms. The number of hydrogen-bond acceptors (Lipinski definition) is 5. The summed E-state index contributed by atoms with van der Waals surface area (Å²) in [5.74, 6) is -6.69. The molecular weight excluding hydrogens is 450 g/mol. The zero-order valence-corrected chi connectivity index (χ0v) is 15.6. The molecule has 0 aliphatic heterocycles. The molecule has 1 heterocycles. The molecule has 7 N–H and O–H groups in total. The Hall–Kier alpha value is -3.50. The molecule has 1 atom stereocenters. The van der Waals surface area contributed by atoms with E-state index in [4.69, 9.17) is 24.9 Å². The van der Waals surface area contributed by atoms with Crippen LogP contribution < -0.4 is 15.7 Å². The van der Waals surface area contributed by atoms with Crippen molar-refractivity contribution in [2.24, 2.45) is 0 Å². The molecule has 11 nitrogen and oxygen atoms in total. The minimum absolute atomic E-state index is 0.172. The summed E-state index contributed by atoms with van der Waals surface area (Å²) in [6.45, 7) is 2.55. The van der Waals surface area contributed by atoms with Crippen molar-refractivity contribution in [1.29, 1.82) is 0 Å². The van der Waals surface area contributed by atoms with Gasteiger partial charge in [-0.1, -0.05) is 4.68 Å². The van der Waals surface area contributed by atoms with Gasteiger partial charge < -0.3 is 26.4 Å². The molecule has 17 heteroatoms. The maximum atomic E-state index is 11.4. The molecule has 1 aromatic heterocycles. The Morgan fingerprint density at radius 2 is 1.48 bits per heavy atom. The lowest BCUT2D eigenvalue weighted by Crippen LogP contribution is -2.70. The predicted molar refractivity (Wildman–Crippen MR) is 84.1 cm³/mol. The quantitative estimate of drug-likeness (QED) is 0.271. The number of aliphatic carboxylic acids is 3. The summed E-state index contributed by atoms with van der Waals surface area (Å²) < 4.78 is 64.9. The van der Waals surface area contributed by atoms with Gasteiger partial charge in [-0.05, 0) is 12.0 Å². The summed E-state index contributed by atoms with van der Waals surface area (Å²) in [6.07, 6.45) is -7.20. The van der Waals surface area contributed by atoms with Gasteiger partial charge in [0.15, 0.2) is 6.20 Å². The normalized spacial score (nSPS) is 11.6. The molecule has 1 rings (SSSR count). The number of rotatable bonds is 5. The Balaban J connectivity index is 0. The molecule has 1 aromatic rings. The van der Waals surface area contributed by atoms with Gasteiger partial charge in [0, 0.05) is 12.6 Å². The van der Waals surface area contributed by atoms with Crippen molar-refractivity contribution in [1.82, 2.24) is 10.4 Å². The predicted octanol–water partition coefficient (Wildman–Crippen LogP) is -0.919. The second-order valence-electron chi connectivity index (χ2n) is 5.14. The maximum Gasteiger partial charge on any atom is 0.490 e. The Bertz CT molecular complexity index is 729. The molecule has 176 valence electrons. The van der Waals surface area contributed by atoms with Crippen LogP contribution in [0.2, 0.25) is 0 Å². The van der Waals surface area contributed by atoms with Crippen LogP contribution in [0.1, 0.15) is 17.3 Å². The van der Waals surface area contributed by atoms with Crippen LogP contribution in [0, 0.1) is 0 Å². The number of carbonyl (C=O) groups excluding carboxylic acids is 1. The van der Waals surface area contributed by atoms with Crippen molar-refractivity contribution in [2.45, 2.75) is 31.9 Å². The Kier molecular flexibility index (Phi) is 12.4. The first-order chi connectivity index (χ1) is 13.9. The smallest absolute Gasteiger partial charge is 0.477 e. The molecule has 0 fully saturated rings. The lowest BCUT2D eigenvalue weighted by Gasteiger charge is -2.00. The molecule has 1 amide bonds. The summed E-state index contributed by atoms with van der Waals surface area (Å²) >= 11 is 0. The van der Waals surface area contributed by atoms with E-state index in [1.807, 2.05) is 6.92 Å². The molecular formula is C14H18F6N4O7+2. The third-order valence-electron chi connectivity index (χ3n) is 2.61.